The molecule has 128 valence electrons. The van der Waals surface area contributed by atoms with E-state index in [1.165, 1.54) is 0 Å². The molecule has 0 atom stereocenters. The van der Waals surface area contributed by atoms with Gasteiger partial charge < -0.3 is 21.2 Å². The molecule has 0 saturated carbocycles. The third-order valence-corrected chi connectivity index (χ3v) is 4.47. The third kappa shape index (κ3) is 4.62. The first kappa shape index (κ1) is 17.1. The molecule has 2 aromatic carbocycles. The Morgan fingerprint density at radius 2 is 1.84 bits per heavy atom. The Morgan fingerprint density at radius 3 is 2.48 bits per heavy atom. The van der Waals surface area contributed by atoms with Gasteiger partial charge in [-0.25, -0.2) is 4.98 Å². The van der Waals surface area contributed by atoms with E-state index in [2.05, 4.69) is 9.97 Å². The molecule has 0 unspecified atom stereocenters. The van der Waals surface area contributed by atoms with E-state index in [0.717, 1.165) is 27.1 Å². The van der Waals surface area contributed by atoms with Crippen LogP contribution >= 0.6 is 11.8 Å². The van der Waals surface area contributed by atoms with Gasteiger partial charge in [0.1, 0.15) is 24.0 Å². The van der Waals surface area contributed by atoms with Gasteiger partial charge in [0.2, 0.25) is 0 Å². The van der Waals surface area contributed by atoms with Gasteiger partial charge in [0.25, 0.3) is 0 Å². The predicted molar refractivity (Wildman–Crippen MR) is 98.8 cm³/mol. The zero-order valence-corrected chi connectivity index (χ0v) is 14.3. The largest absolute Gasteiger partial charge is 0.486 e. The zero-order valence-electron chi connectivity index (χ0n) is 13.5. The number of nitrogens with zero attached hydrogens (tertiary/aromatic N) is 1. The van der Waals surface area contributed by atoms with Crippen molar-refractivity contribution in [1.29, 1.82) is 5.41 Å². The first-order chi connectivity index (χ1) is 12.1. The molecule has 25 heavy (non-hydrogen) atoms. The predicted octanol–water partition coefficient (Wildman–Crippen LogP) is 2.88. The van der Waals surface area contributed by atoms with Crippen molar-refractivity contribution in [3.63, 3.8) is 0 Å². The Kier molecular flexibility index (Phi) is 5.37. The Hall–Kier alpha value is -2.77. The van der Waals surface area contributed by atoms with Crippen molar-refractivity contribution < 1.29 is 4.74 Å². The Labute approximate surface area is 150 Å². The summed E-state index contributed by atoms with van der Waals surface area (Å²) in [5, 5.41) is 8.33. The quantitative estimate of drug-likeness (QED) is 0.385. The number of H-pyrrole nitrogens is 1. The van der Waals surface area contributed by atoms with E-state index in [0.29, 0.717) is 18.7 Å². The highest BCUT2D eigenvalue weighted by molar-refractivity contribution is 7.99. The SMILES string of the molecule is N=C(N)c1ccc(Sc2cnc(COc3ccc(CN)cc3)[nH]2)cc1. The fourth-order valence-corrected chi connectivity index (χ4v) is 2.97. The molecule has 0 aliphatic rings. The number of nitrogen functional groups attached to an aromatic ring is 1. The van der Waals surface area contributed by atoms with Crippen LogP contribution in [0.2, 0.25) is 0 Å². The average Bonchev–Trinajstić information content (AvgIpc) is 3.08. The molecule has 0 bridgehead atoms. The van der Waals surface area contributed by atoms with E-state index >= 15 is 0 Å². The molecule has 0 aliphatic heterocycles. The molecule has 6 nitrogen and oxygen atoms in total. The summed E-state index contributed by atoms with van der Waals surface area (Å²) >= 11 is 1.56. The van der Waals surface area contributed by atoms with Gasteiger partial charge in [-0.2, -0.15) is 0 Å². The number of hydrogen-bond acceptors (Lipinski definition) is 5. The highest BCUT2D eigenvalue weighted by Crippen LogP contribution is 2.26. The fourth-order valence-electron chi connectivity index (χ4n) is 2.17. The molecule has 3 aromatic rings. The summed E-state index contributed by atoms with van der Waals surface area (Å²) in [7, 11) is 0. The summed E-state index contributed by atoms with van der Waals surface area (Å²) in [6.07, 6.45) is 1.78. The first-order valence-corrected chi connectivity index (χ1v) is 8.53. The van der Waals surface area contributed by atoms with E-state index in [4.69, 9.17) is 21.6 Å². The number of imidazole rings is 1. The number of nitrogens with two attached hydrogens (primary N) is 2. The summed E-state index contributed by atoms with van der Waals surface area (Å²) in [6, 6.07) is 15.2. The molecule has 6 N–H and O–H groups in total. The van der Waals surface area contributed by atoms with Crippen LogP contribution in [-0.2, 0) is 13.2 Å². The maximum atomic E-state index is 7.40. The Balaban J connectivity index is 1.57. The summed E-state index contributed by atoms with van der Waals surface area (Å²) in [5.41, 5.74) is 12.8. The highest BCUT2D eigenvalue weighted by atomic mass is 32.2. The molecule has 1 aromatic heterocycles. The summed E-state index contributed by atoms with van der Waals surface area (Å²) in [5.74, 6) is 1.60. The van der Waals surface area contributed by atoms with E-state index in [9.17, 15) is 0 Å². The smallest absolute Gasteiger partial charge is 0.146 e. The molecule has 0 amide bonds. The van der Waals surface area contributed by atoms with Crippen LogP contribution in [0.15, 0.2) is 64.6 Å². The van der Waals surface area contributed by atoms with Gasteiger partial charge in [0, 0.05) is 17.0 Å². The zero-order chi connectivity index (χ0) is 17.6. The van der Waals surface area contributed by atoms with Crippen LogP contribution in [0.3, 0.4) is 0 Å². The lowest BCUT2D eigenvalue weighted by atomic mass is 10.2. The molecule has 7 heteroatoms. The molecule has 0 spiro atoms. The average molecular weight is 353 g/mol. The number of nitrogens with one attached hydrogen (secondary N) is 2. The maximum absolute atomic E-state index is 7.40. The summed E-state index contributed by atoms with van der Waals surface area (Å²) < 4.78 is 5.72. The van der Waals surface area contributed by atoms with Crippen molar-refractivity contribution in [3.8, 4) is 5.75 Å². The van der Waals surface area contributed by atoms with Gasteiger partial charge in [0.15, 0.2) is 0 Å². The number of benzene rings is 2. The van der Waals surface area contributed by atoms with Crippen LogP contribution in [0.5, 0.6) is 5.75 Å². The van der Waals surface area contributed by atoms with Gasteiger partial charge in [-0.3, -0.25) is 5.41 Å². The number of rotatable bonds is 7. The van der Waals surface area contributed by atoms with E-state index in [-0.39, 0.29) is 5.84 Å². The normalized spacial score (nSPS) is 10.6. The van der Waals surface area contributed by atoms with Gasteiger partial charge in [0.05, 0.1) is 11.2 Å². The summed E-state index contributed by atoms with van der Waals surface area (Å²) in [6.45, 7) is 0.887. The molecule has 3 rings (SSSR count). The lowest BCUT2D eigenvalue weighted by Gasteiger charge is -2.05. The standard InChI is InChI=1S/C18H19N5OS/c19-9-12-1-5-14(6-2-12)24-11-16-22-10-17(23-16)25-15-7-3-13(4-8-15)18(20)21/h1-8,10H,9,11,19H2,(H3,20,21)(H,22,23). The molecule has 0 fully saturated rings. The monoisotopic (exact) mass is 353 g/mol. The van der Waals surface area contributed by atoms with Gasteiger partial charge >= 0.3 is 0 Å². The first-order valence-electron chi connectivity index (χ1n) is 7.72. The van der Waals surface area contributed by atoms with Crippen LogP contribution in [0, 0.1) is 5.41 Å². The highest BCUT2D eigenvalue weighted by Gasteiger charge is 2.05. The molecule has 0 aliphatic carbocycles. The Morgan fingerprint density at radius 1 is 1.12 bits per heavy atom. The topological polar surface area (TPSA) is 114 Å². The lowest BCUT2D eigenvalue weighted by Crippen LogP contribution is -2.10. The molecule has 0 saturated heterocycles. The fraction of sp³-hybridized carbons (Fsp3) is 0.111. The maximum Gasteiger partial charge on any atom is 0.146 e. The van der Waals surface area contributed by atoms with Crippen molar-refractivity contribution in [2.45, 2.75) is 23.1 Å². The van der Waals surface area contributed by atoms with E-state index in [1.54, 1.807) is 18.0 Å². The minimum atomic E-state index is 0.0667. The second-order valence-electron chi connectivity index (χ2n) is 5.37. The van der Waals surface area contributed by atoms with Crippen LogP contribution in [0.25, 0.3) is 0 Å². The van der Waals surface area contributed by atoms with E-state index in [1.807, 2.05) is 48.5 Å². The number of aromatic nitrogens is 2. The second kappa shape index (κ2) is 7.87. The lowest BCUT2D eigenvalue weighted by molar-refractivity contribution is 0.296. The van der Waals surface area contributed by atoms with Crippen LogP contribution < -0.4 is 16.2 Å². The Bertz CT molecular complexity index is 843. The number of ether oxygens (including phenoxy) is 1. The third-order valence-electron chi connectivity index (χ3n) is 3.53. The number of hydrogen-bond donors (Lipinski definition) is 4. The van der Waals surface area contributed by atoms with E-state index < -0.39 is 0 Å². The molecular formula is C18H19N5OS. The van der Waals surface area contributed by atoms with Gasteiger partial charge in [-0.05, 0) is 29.8 Å². The second-order valence-corrected chi connectivity index (χ2v) is 6.49. The molecule has 1 heterocycles. The van der Waals surface area contributed by atoms with Crippen molar-refractivity contribution >= 4 is 17.6 Å². The van der Waals surface area contributed by atoms with Crippen LogP contribution in [0.1, 0.15) is 17.0 Å². The van der Waals surface area contributed by atoms with Gasteiger partial charge in [-0.15, -0.1) is 0 Å². The molecule has 0 radical (unpaired) electrons. The van der Waals surface area contributed by atoms with Crippen LogP contribution in [-0.4, -0.2) is 15.8 Å². The van der Waals surface area contributed by atoms with Crippen molar-refractivity contribution in [3.05, 3.63) is 71.7 Å². The minimum absolute atomic E-state index is 0.0667. The molecular weight excluding hydrogens is 334 g/mol. The summed E-state index contributed by atoms with van der Waals surface area (Å²) in [4.78, 5) is 8.60. The van der Waals surface area contributed by atoms with Crippen LogP contribution in [0.4, 0.5) is 0 Å². The van der Waals surface area contributed by atoms with Crippen molar-refractivity contribution in [2.24, 2.45) is 11.5 Å². The van der Waals surface area contributed by atoms with Crippen molar-refractivity contribution in [1.82, 2.24) is 9.97 Å². The van der Waals surface area contributed by atoms with Gasteiger partial charge in [-0.1, -0.05) is 36.0 Å². The number of aromatic amines is 1. The minimum Gasteiger partial charge on any atom is -0.486 e. The van der Waals surface area contributed by atoms with Crippen molar-refractivity contribution in [2.75, 3.05) is 0 Å². The number of amidine groups is 1.